The van der Waals surface area contributed by atoms with Crippen LogP contribution in [0.3, 0.4) is 0 Å². The van der Waals surface area contributed by atoms with Crippen LogP contribution in [0.25, 0.3) is 0 Å². The van der Waals surface area contributed by atoms with Crippen molar-refractivity contribution in [2.75, 3.05) is 0 Å². The van der Waals surface area contributed by atoms with E-state index in [1.807, 2.05) is 6.07 Å². The van der Waals surface area contributed by atoms with Crippen LogP contribution in [0, 0.1) is 21.4 Å². The van der Waals surface area contributed by atoms with Crippen LogP contribution in [0.4, 0.5) is 5.69 Å². The standard InChI is InChI=1S/C13H9N3O3/c14-8-11-2-1-7-15(13(11)17)9-10-3-5-12(6-4-10)16(18)19/h1-7H,9H2. The van der Waals surface area contributed by atoms with E-state index < -0.39 is 4.92 Å². The Bertz CT molecular complexity index is 711. The molecule has 6 heteroatoms. The molecule has 0 aliphatic carbocycles. The van der Waals surface area contributed by atoms with Crippen LogP contribution in [0.15, 0.2) is 47.4 Å². The molecule has 0 fully saturated rings. The van der Waals surface area contributed by atoms with Gasteiger partial charge < -0.3 is 4.57 Å². The monoisotopic (exact) mass is 255 g/mol. The van der Waals surface area contributed by atoms with Gasteiger partial charge in [-0.2, -0.15) is 5.26 Å². The maximum Gasteiger partial charge on any atom is 0.269 e. The Labute approximate surface area is 108 Å². The molecule has 1 aromatic heterocycles. The van der Waals surface area contributed by atoms with Gasteiger partial charge in [0.15, 0.2) is 0 Å². The zero-order chi connectivity index (χ0) is 13.8. The van der Waals surface area contributed by atoms with Gasteiger partial charge in [0.1, 0.15) is 11.6 Å². The Hall–Kier alpha value is -2.94. The van der Waals surface area contributed by atoms with Gasteiger partial charge in [0.25, 0.3) is 11.2 Å². The van der Waals surface area contributed by atoms with Crippen molar-refractivity contribution in [2.45, 2.75) is 6.54 Å². The van der Waals surface area contributed by atoms with E-state index in [1.165, 1.54) is 22.8 Å². The molecule has 0 spiro atoms. The van der Waals surface area contributed by atoms with Gasteiger partial charge in [-0.15, -0.1) is 0 Å². The van der Waals surface area contributed by atoms with Crippen molar-refractivity contribution in [3.63, 3.8) is 0 Å². The fourth-order valence-electron chi connectivity index (χ4n) is 1.67. The summed E-state index contributed by atoms with van der Waals surface area (Å²) in [7, 11) is 0. The van der Waals surface area contributed by atoms with Gasteiger partial charge in [0, 0.05) is 18.3 Å². The predicted molar refractivity (Wildman–Crippen MR) is 67.6 cm³/mol. The third kappa shape index (κ3) is 2.66. The van der Waals surface area contributed by atoms with Crippen LogP contribution < -0.4 is 5.56 Å². The highest BCUT2D eigenvalue weighted by molar-refractivity contribution is 5.33. The highest BCUT2D eigenvalue weighted by Gasteiger charge is 2.06. The zero-order valence-electron chi connectivity index (χ0n) is 9.81. The first kappa shape index (κ1) is 12.5. The van der Waals surface area contributed by atoms with E-state index in [-0.39, 0.29) is 23.4 Å². The van der Waals surface area contributed by atoms with Gasteiger partial charge in [-0.3, -0.25) is 14.9 Å². The Kier molecular flexibility index (Phi) is 3.39. The van der Waals surface area contributed by atoms with Gasteiger partial charge in [0.05, 0.1) is 11.5 Å². The molecule has 2 rings (SSSR count). The van der Waals surface area contributed by atoms with E-state index in [2.05, 4.69) is 0 Å². The number of benzene rings is 1. The highest BCUT2D eigenvalue weighted by Crippen LogP contribution is 2.12. The summed E-state index contributed by atoms with van der Waals surface area (Å²) in [5.41, 5.74) is 0.456. The summed E-state index contributed by atoms with van der Waals surface area (Å²) in [5, 5.41) is 19.3. The average Bonchev–Trinajstić information content (AvgIpc) is 2.42. The molecule has 0 atom stereocenters. The molecule has 2 aromatic rings. The van der Waals surface area contributed by atoms with E-state index in [0.29, 0.717) is 0 Å². The first-order valence-corrected chi connectivity index (χ1v) is 5.44. The van der Waals surface area contributed by atoms with Gasteiger partial charge in [-0.25, -0.2) is 0 Å². The van der Waals surface area contributed by atoms with Gasteiger partial charge in [-0.1, -0.05) is 12.1 Å². The second kappa shape index (κ2) is 5.14. The molecule has 0 unspecified atom stereocenters. The van der Waals surface area contributed by atoms with Crippen LogP contribution in [0.5, 0.6) is 0 Å². The van der Waals surface area contributed by atoms with Crippen molar-refractivity contribution >= 4 is 5.69 Å². The Morgan fingerprint density at radius 1 is 1.26 bits per heavy atom. The fraction of sp³-hybridized carbons (Fsp3) is 0.0769. The number of aromatic nitrogens is 1. The summed E-state index contributed by atoms with van der Waals surface area (Å²) in [6.45, 7) is 0.270. The number of pyridine rings is 1. The van der Waals surface area contributed by atoms with Crippen molar-refractivity contribution < 1.29 is 4.92 Å². The molecular weight excluding hydrogens is 246 g/mol. The molecule has 0 bridgehead atoms. The van der Waals surface area contributed by atoms with Crippen LogP contribution in [-0.2, 0) is 6.54 Å². The maximum absolute atomic E-state index is 11.8. The predicted octanol–water partition coefficient (Wildman–Crippen LogP) is 1.68. The fourth-order valence-corrected chi connectivity index (χ4v) is 1.67. The SMILES string of the molecule is N#Cc1cccn(Cc2ccc([N+](=O)[O-])cc2)c1=O. The average molecular weight is 255 g/mol. The lowest BCUT2D eigenvalue weighted by atomic mass is 10.2. The van der Waals surface area contributed by atoms with Gasteiger partial charge >= 0.3 is 0 Å². The number of nitro benzene ring substituents is 1. The first-order chi connectivity index (χ1) is 9.11. The summed E-state index contributed by atoms with van der Waals surface area (Å²) in [6, 6.07) is 10.8. The highest BCUT2D eigenvalue weighted by atomic mass is 16.6. The molecule has 19 heavy (non-hydrogen) atoms. The molecule has 0 saturated carbocycles. The second-order valence-corrected chi connectivity index (χ2v) is 3.89. The molecule has 0 amide bonds. The minimum Gasteiger partial charge on any atom is -0.310 e. The zero-order valence-corrected chi connectivity index (χ0v) is 9.81. The summed E-state index contributed by atoms with van der Waals surface area (Å²) in [5.74, 6) is 0. The number of rotatable bonds is 3. The smallest absolute Gasteiger partial charge is 0.269 e. The third-order valence-corrected chi connectivity index (χ3v) is 2.64. The molecule has 1 heterocycles. The molecule has 0 aliphatic rings. The quantitative estimate of drug-likeness (QED) is 0.616. The van der Waals surface area contributed by atoms with Crippen molar-refractivity contribution in [1.82, 2.24) is 4.57 Å². The molecular formula is C13H9N3O3. The summed E-state index contributed by atoms with van der Waals surface area (Å²) in [4.78, 5) is 21.9. The van der Waals surface area contributed by atoms with E-state index >= 15 is 0 Å². The third-order valence-electron chi connectivity index (χ3n) is 2.64. The molecule has 0 saturated heterocycles. The van der Waals surface area contributed by atoms with Crippen molar-refractivity contribution in [2.24, 2.45) is 0 Å². The number of non-ortho nitro benzene ring substituents is 1. The van der Waals surface area contributed by atoms with Crippen LogP contribution in [-0.4, -0.2) is 9.49 Å². The minimum absolute atomic E-state index is 0.00173. The van der Waals surface area contributed by atoms with E-state index in [4.69, 9.17) is 5.26 Å². The molecule has 0 radical (unpaired) electrons. The lowest BCUT2D eigenvalue weighted by Gasteiger charge is -2.05. The molecule has 94 valence electrons. The second-order valence-electron chi connectivity index (χ2n) is 3.89. The maximum atomic E-state index is 11.8. The van der Waals surface area contributed by atoms with Crippen LogP contribution in [0.2, 0.25) is 0 Å². The van der Waals surface area contributed by atoms with Gasteiger partial charge in [0.2, 0.25) is 0 Å². The van der Waals surface area contributed by atoms with Crippen LogP contribution in [0.1, 0.15) is 11.1 Å². The Balaban J connectivity index is 2.29. The summed E-state index contributed by atoms with van der Waals surface area (Å²) in [6.07, 6.45) is 1.57. The molecule has 6 nitrogen and oxygen atoms in total. The van der Waals surface area contributed by atoms with Crippen molar-refractivity contribution in [1.29, 1.82) is 5.26 Å². The van der Waals surface area contributed by atoms with E-state index in [9.17, 15) is 14.9 Å². The Morgan fingerprint density at radius 2 is 1.95 bits per heavy atom. The van der Waals surface area contributed by atoms with Crippen LogP contribution >= 0.6 is 0 Å². The number of hydrogen-bond acceptors (Lipinski definition) is 4. The number of hydrogen-bond donors (Lipinski definition) is 0. The lowest BCUT2D eigenvalue weighted by Crippen LogP contribution is -2.22. The van der Waals surface area contributed by atoms with E-state index in [0.717, 1.165) is 5.56 Å². The largest absolute Gasteiger partial charge is 0.310 e. The normalized spacial score (nSPS) is 9.84. The van der Waals surface area contributed by atoms with Gasteiger partial charge in [-0.05, 0) is 17.7 Å². The van der Waals surface area contributed by atoms with Crippen molar-refractivity contribution in [3.05, 3.63) is 74.2 Å². The summed E-state index contributed by atoms with van der Waals surface area (Å²) < 4.78 is 1.39. The van der Waals surface area contributed by atoms with E-state index in [1.54, 1.807) is 24.4 Å². The molecule has 1 aromatic carbocycles. The van der Waals surface area contributed by atoms with Crippen molar-refractivity contribution in [3.8, 4) is 6.07 Å². The number of nitro groups is 1. The number of nitriles is 1. The number of nitrogens with zero attached hydrogens (tertiary/aromatic N) is 3. The Morgan fingerprint density at radius 3 is 2.53 bits per heavy atom. The lowest BCUT2D eigenvalue weighted by molar-refractivity contribution is -0.384. The summed E-state index contributed by atoms with van der Waals surface area (Å²) >= 11 is 0. The molecule has 0 aliphatic heterocycles. The topological polar surface area (TPSA) is 88.9 Å². The minimum atomic E-state index is -0.480. The first-order valence-electron chi connectivity index (χ1n) is 5.44. The molecule has 0 N–H and O–H groups in total.